The largest absolute Gasteiger partial charge is 0.444 e. The van der Waals surface area contributed by atoms with Crippen molar-refractivity contribution in [3.63, 3.8) is 0 Å². The topological polar surface area (TPSA) is 68.3 Å². The maximum Gasteiger partial charge on any atom is 0.408 e. The van der Waals surface area contributed by atoms with Crippen LogP contribution in [-0.2, 0) is 16.0 Å². The lowest BCUT2D eigenvalue weighted by atomic mass is 10.1. The first-order valence-electron chi connectivity index (χ1n) is 7.85. The van der Waals surface area contributed by atoms with Gasteiger partial charge in [-0.25, -0.2) is 4.79 Å². The van der Waals surface area contributed by atoms with Crippen molar-refractivity contribution in [2.45, 2.75) is 63.9 Å². The van der Waals surface area contributed by atoms with Crippen molar-refractivity contribution >= 4 is 24.5 Å². The fourth-order valence-electron chi connectivity index (χ4n) is 1.95. The highest BCUT2D eigenvalue weighted by molar-refractivity contribution is 7.80. The Morgan fingerprint density at radius 2 is 2.04 bits per heavy atom. The maximum atomic E-state index is 11.9. The van der Waals surface area contributed by atoms with Gasteiger partial charge in [-0.15, -0.1) is 0 Å². The summed E-state index contributed by atoms with van der Waals surface area (Å²) < 4.78 is 5.14. The van der Waals surface area contributed by atoms with Crippen molar-refractivity contribution in [1.29, 1.82) is 0 Å². The van der Waals surface area contributed by atoms with Gasteiger partial charge in [-0.1, -0.05) is 6.07 Å². The number of nitrogens with one attached hydrogen (secondary N) is 1. The first kappa shape index (κ1) is 19.5. The quantitative estimate of drug-likeness (QED) is 0.562. The molecular weight excluding hydrogens is 312 g/mol. The third kappa shape index (κ3) is 9.94. The predicted molar refractivity (Wildman–Crippen MR) is 93.6 cm³/mol. The molecule has 1 aromatic heterocycles. The average Bonchev–Trinajstić information content (AvgIpc) is 2.44. The lowest BCUT2D eigenvalue weighted by Crippen LogP contribution is -2.36. The van der Waals surface area contributed by atoms with E-state index >= 15 is 0 Å². The molecule has 0 saturated carbocycles. The minimum absolute atomic E-state index is 0.172. The van der Waals surface area contributed by atoms with E-state index in [1.165, 1.54) is 0 Å². The molecule has 0 saturated heterocycles. The summed E-state index contributed by atoms with van der Waals surface area (Å²) >= 11 is 4.27. The number of amides is 1. The van der Waals surface area contributed by atoms with Crippen LogP contribution in [0, 0.1) is 0 Å². The average molecular weight is 338 g/mol. The molecule has 0 aliphatic heterocycles. The first-order valence-corrected chi connectivity index (χ1v) is 8.37. The molecule has 5 nitrogen and oxygen atoms in total. The molecule has 1 amide bonds. The van der Waals surface area contributed by atoms with E-state index in [1.807, 2.05) is 18.2 Å². The Morgan fingerprint density at radius 3 is 2.65 bits per heavy atom. The second-order valence-corrected chi connectivity index (χ2v) is 7.04. The van der Waals surface area contributed by atoms with Crippen LogP contribution in [0.2, 0.25) is 0 Å². The van der Waals surface area contributed by atoms with Crippen molar-refractivity contribution in [1.82, 2.24) is 10.3 Å². The van der Waals surface area contributed by atoms with E-state index in [4.69, 9.17) is 4.74 Å². The van der Waals surface area contributed by atoms with E-state index in [0.29, 0.717) is 19.3 Å². The molecule has 0 aliphatic rings. The maximum absolute atomic E-state index is 11.9. The molecule has 0 fully saturated rings. The van der Waals surface area contributed by atoms with Gasteiger partial charge in [0.25, 0.3) is 0 Å². The molecule has 1 atom stereocenters. The van der Waals surface area contributed by atoms with Crippen LogP contribution in [0.15, 0.2) is 24.4 Å². The molecule has 0 bridgehead atoms. The number of carbonyl (C=O) groups is 2. The number of carbonyl (C=O) groups excluding carboxylic acids is 2. The summed E-state index contributed by atoms with van der Waals surface area (Å²) in [6.45, 7) is 5.39. The highest BCUT2D eigenvalue weighted by Crippen LogP contribution is 2.10. The van der Waals surface area contributed by atoms with Gasteiger partial charge in [-0.2, -0.15) is 12.6 Å². The molecule has 0 spiro atoms. The summed E-state index contributed by atoms with van der Waals surface area (Å²) in [5.41, 5.74) is 0.456. The molecular formula is C17H26N2O3S. The van der Waals surface area contributed by atoms with Gasteiger partial charge in [0.15, 0.2) is 0 Å². The van der Waals surface area contributed by atoms with Gasteiger partial charge in [-0.3, -0.25) is 9.78 Å². The Kier molecular flexibility index (Phi) is 8.09. The molecule has 23 heavy (non-hydrogen) atoms. The van der Waals surface area contributed by atoms with Gasteiger partial charge >= 0.3 is 6.09 Å². The number of pyridine rings is 1. The second-order valence-electron chi connectivity index (χ2n) is 6.41. The number of nitrogens with zero attached hydrogens (tertiary/aromatic N) is 1. The molecule has 0 aromatic carbocycles. The molecule has 1 aromatic rings. The van der Waals surface area contributed by atoms with Crippen LogP contribution in [0.1, 0.15) is 52.1 Å². The molecule has 1 heterocycles. The fourth-order valence-corrected chi connectivity index (χ4v) is 2.19. The van der Waals surface area contributed by atoms with Crippen LogP contribution in [0.3, 0.4) is 0 Å². The monoisotopic (exact) mass is 338 g/mol. The highest BCUT2D eigenvalue weighted by atomic mass is 32.1. The second kappa shape index (κ2) is 9.55. The van der Waals surface area contributed by atoms with Crippen LogP contribution >= 0.6 is 12.6 Å². The van der Waals surface area contributed by atoms with Crippen LogP contribution < -0.4 is 5.32 Å². The van der Waals surface area contributed by atoms with Gasteiger partial charge in [0.1, 0.15) is 11.4 Å². The Hall–Kier alpha value is -1.56. The normalized spacial score (nSPS) is 12.5. The van der Waals surface area contributed by atoms with E-state index in [9.17, 15) is 9.59 Å². The standard InChI is InChI=1S/C17H26N2O3S/c1-17(2,3)22-16(21)19-15(23)11-10-14(20)9-6-8-13-7-4-5-12-18-13/h4-5,7,12,15,23H,6,8-11H2,1-3H3,(H,19,21). The third-order valence-electron chi connectivity index (χ3n) is 2.99. The van der Waals surface area contributed by atoms with E-state index < -0.39 is 11.7 Å². The third-order valence-corrected chi connectivity index (χ3v) is 3.38. The zero-order valence-corrected chi connectivity index (χ0v) is 14.9. The Labute approximate surface area is 143 Å². The summed E-state index contributed by atoms with van der Waals surface area (Å²) in [7, 11) is 0. The number of ketones is 1. The van der Waals surface area contributed by atoms with Gasteiger partial charge in [0, 0.05) is 24.7 Å². The van der Waals surface area contributed by atoms with Crippen molar-refractivity contribution in [3.05, 3.63) is 30.1 Å². The lowest BCUT2D eigenvalue weighted by molar-refractivity contribution is -0.119. The molecule has 128 valence electrons. The van der Waals surface area contributed by atoms with Crippen LogP contribution in [-0.4, -0.2) is 27.8 Å². The number of rotatable bonds is 8. The molecule has 0 aliphatic carbocycles. The van der Waals surface area contributed by atoms with Crippen LogP contribution in [0.25, 0.3) is 0 Å². The summed E-state index contributed by atoms with van der Waals surface area (Å²) in [5, 5.41) is 2.23. The van der Waals surface area contributed by atoms with Crippen LogP contribution in [0.5, 0.6) is 0 Å². The van der Waals surface area contributed by atoms with Crippen molar-refractivity contribution < 1.29 is 14.3 Å². The molecule has 6 heteroatoms. The van der Waals surface area contributed by atoms with E-state index in [1.54, 1.807) is 27.0 Å². The van der Waals surface area contributed by atoms with E-state index in [2.05, 4.69) is 22.9 Å². The predicted octanol–water partition coefficient (Wildman–Crippen LogP) is 3.53. The number of thiol groups is 1. The van der Waals surface area contributed by atoms with Gasteiger partial charge in [0.05, 0.1) is 5.37 Å². The van der Waals surface area contributed by atoms with Gasteiger partial charge in [0.2, 0.25) is 0 Å². The lowest BCUT2D eigenvalue weighted by Gasteiger charge is -2.21. The van der Waals surface area contributed by atoms with E-state index in [-0.39, 0.29) is 11.2 Å². The number of ether oxygens (including phenoxy) is 1. The van der Waals surface area contributed by atoms with Crippen molar-refractivity contribution in [3.8, 4) is 0 Å². The summed E-state index contributed by atoms with van der Waals surface area (Å²) in [4.78, 5) is 27.6. The highest BCUT2D eigenvalue weighted by Gasteiger charge is 2.18. The Bertz CT molecular complexity index is 500. The first-order chi connectivity index (χ1) is 10.8. The van der Waals surface area contributed by atoms with Crippen LogP contribution in [0.4, 0.5) is 4.79 Å². The number of hydrogen-bond acceptors (Lipinski definition) is 5. The molecule has 1 unspecified atom stereocenters. The summed E-state index contributed by atoms with van der Waals surface area (Å²) in [5.74, 6) is 0.172. The zero-order valence-electron chi connectivity index (χ0n) is 14.0. The number of Topliss-reactive ketones (excluding diaryl/α,β-unsaturated/α-hetero) is 1. The zero-order chi connectivity index (χ0) is 17.3. The fraction of sp³-hybridized carbons (Fsp3) is 0.588. The van der Waals surface area contributed by atoms with Crippen molar-refractivity contribution in [2.24, 2.45) is 0 Å². The molecule has 0 radical (unpaired) electrons. The Balaban J connectivity index is 2.16. The molecule has 1 rings (SSSR count). The number of aryl methyl sites for hydroxylation is 1. The van der Waals surface area contributed by atoms with Gasteiger partial charge < -0.3 is 10.1 Å². The Morgan fingerprint density at radius 1 is 1.30 bits per heavy atom. The number of aromatic nitrogens is 1. The summed E-state index contributed by atoms with van der Waals surface area (Å²) in [6.07, 6.45) is 4.23. The van der Waals surface area contributed by atoms with Gasteiger partial charge in [-0.05, 0) is 52.2 Å². The van der Waals surface area contributed by atoms with E-state index in [0.717, 1.165) is 18.5 Å². The molecule has 1 N–H and O–H groups in total. The smallest absolute Gasteiger partial charge is 0.408 e. The van der Waals surface area contributed by atoms with Crippen molar-refractivity contribution in [2.75, 3.05) is 0 Å². The SMILES string of the molecule is CC(C)(C)OC(=O)NC(S)CCC(=O)CCCc1ccccn1. The minimum Gasteiger partial charge on any atom is -0.444 e. The minimum atomic E-state index is -0.543. The number of hydrogen-bond donors (Lipinski definition) is 2. The summed E-state index contributed by atoms with van der Waals surface area (Å²) in [6, 6.07) is 5.77. The number of alkyl carbamates (subject to hydrolysis) is 1.